The molecule has 2 rings (SSSR count). The molecule has 19 heavy (non-hydrogen) atoms. The number of nitrogens with two attached hydrogens (primary N) is 1. The van der Waals surface area contributed by atoms with Crippen molar-refractivity contribution in [1.29, 1.82) is 0 Å². The lowest BCUT2D eigenvalue weighted by Gasteiger charge is -2.41. The van der Waals surface area contributed by atoms with E-state index in [9.17, 15) is 9.90 Å². The fourth-order valence-corrected chi connectivity index (χ4v) is 2.34. The van der Waals surface area contributed by atoms with Gasteiger partial charge in [-0.05, 0) is 18.8 Å². The number of hydrogen-bond acceptors (Lipinski definition) is 4. The number of methoxy groups -OCH3 is 1. The van der Waals surface area contributed by atoms with Crippen LogP contribution >= 0.6 is 12.4 Å². The second-order valence-electron chi connectivity index (χ2n) is 4.87. The number of halogens is 1. The van der Waals surface area contributed by atoms with Crippen LogP contribution in [0, 0.1) is 5.92 Å². The maximum absolute atomic E-state index is 10.6. The SMILES string of the molecule is CO[C@@](N)(c1ccc(C=O)cc1)[C@@H](O)C1CCC1.Cl. The van der Waals surface area contributed by atoms with Gasteiger partial charge in [0.25, 0.3) is 0 Å². The van der Waals surface area contributed by atoms with E-state index in [0.717, 1.165) is 25.5 Å². The summed E-state index contributed by atoms with van der Waals surface area (Å²) in [5.41, 5.74) is 6.27. The van der Waals surface area contributed by atoms with Gasteiger partial charge in [0, 0.05) is 18.2 Å². The molecule has 1 fully saturated rings. The van der Waals surface area contributed by atoms with E-state index in [0.29, 0.717) is 11.1 Å². The quantitative estimate of drug-likeness (QED) is 0.640. The van der Waals surface area contributed by atoms with Crippen LogP contribution in [0.2, 0.25) is 0 Å². The van der Waals surface area contributed by atoms with E-state index in [1.165, 1.54) is 7.11 Å². The van der Waals surface area contributed by atoms with Gasteiger partial charge >= 0.3 is 0 Å². The predicted molar refractivity (Wildman–Crippen MR) is 75.3 cm³/mol. The Bertz CT molecular complexity index is 419. The smallest absolute Gasteiger partial charge is 0.168 e. The second kappa shape index (κ2) is 6.48. The number of carbonyl (C=O) groups is 1. The fourth-order valence-electron chi connectivity index (χ4n) is 2.34. The molecule has 1 aliphatic rings. The molecule has 3 N–H and O–H groups in total. The zero-order chi connectivity index (χ0) is 13.2. The highest BCUT2D eigenvalue weighted by molar-refractivity contribution is 5.85. The van der Waals surface area contributed by atoms with Crippen LogP contribution in [0.25, 0.3) is 0 Å². The van der Waals surface area contributed by atoms with Crippen molar-refractivity contribution in [3.05, 3.63) is 35.4 Å². The summed E-state index contributed by atoms with van der Waals surface area (Å²) in [5, 5.41) is 10.3. The molecule has 0 aromatic heterocycles. The molecule has 1 aromatic rings. The summed E-state index contributed by atoms with van der Waals surface area (Å²) in [4.78, 5) is 10.6. The number of ether oxygens (including phenoxy) is 1. The Labute approximate surface area is 119 Å². The number of aliphatic hydroxyl groups is 1. The Morgan fingerprint density at radius 2 is 2.00 bits per heavy atom. The third-order valence-corrected chi connectivity index (χ3v) is 3.87. The lowest BCUT2D eigenvalue weighted by atomic mass is 9.76. The summed E-state index contributed by atoms with van der Waals surface area (Å²) in [6, 6.07) is 6.82. The van der Waals surface area contributed by atoms with Gasteiger partial charge in [0.2, 0.25) is 0 Å². The zero-order valence-corrected chi connectivity index (χ0v) is 11.7. The lowest BCUT2D eigenvalue weighted by molar-refractivity contribution is -0.139. The highest BCUT2D eigenvalue weighted by atomic mass is 35.5. The Hall–Kier alpha value is -0.940. The molecular formula is C14H20ClNO3. The third kappa shape index (κ3) is 2.98. The zero-order valence-electron chi connectivity index (χ0n) is 10.9. The summed E-state index contributed by atoms with van der Waals surface area (Å²) in [6.07, 6.45) is 3.15. The van der Waals surface area contributed by atoms with Crippen LogP contribution in [0.15, 0.2) is 24.3 Å². The van der Waals surface area contributed by atoms with Gasteiger partial charge in [-0.25, -0.2) is 0 Å². The third-order valence-electron chi connectivity index (χ3n) is 3.87. The Morgan fingerprint density at radius 1 is 1.42 bits per heavy atom. The number of carbonyl (C=O) groups excluding carboxylic acids is 1. The molecule has 4 nitrogen and oxygen atoms in total. The van der Waals surface area contributed by atoms with Crippen LogP contribution in [0.5, 0.6) is 0 Å². The van der Waals surface area contributed by atoms with E-state index in [2.05, 4.69) is 0 Å². The van der Waals surface area contributed by atoms with E-state index in [1.54, 1.807) is 24.3 Å². The lowest BCUT2D eigenvalue weighted by Crippen LogP contribution is -2.54. The predicted octanol–water partition coefficient (Wildman–Crippen LogP) is 1.84. The second-order valence-corrected chi connectivity index (χ2v) is 4.87. The molecule has 1 saturated carbocycles. The summed E-state index contributed by atoms with van der Waals surface area (Å²) in [5.74, 6) is 0.195. The van der Waals surface area contributed by atoms with Crippen molar-refractivity contribution in [2.75, 3.05) is 7.11 Å². The maximum Gasteiger partial charge on any atom is 0.168 e. The van der Waals surface area contributed by atoms with Crippen molar-refractivity contribution >= 4 is 18.7 Å². The van der Waals surface area contributed by atoms with E-state index in [-0.39, 0.29) is 18.3 Å². The highest BCUT2D eigenvalue weighted by Crippen LogP contribution is 2.37. The van der Waals surface area contributed by atoms with E-state index in [1.807, 2.05) is 0 Å². The fraction of sp³-hybridized carbons (Fsp3) is 0.500. The maximum atomic E-state index is 10.6. The molecule has 0 radical (unpaired) electrons. The van der Waals surface area contributed by atoms with Gasteiger partial charge in [-0.1, -0.05) is 30.7 Å². The Morgan fingerprint density at radius 3 is 2.37 bits per heavy atom. The summed E-state index contributed by atoms with van der Waals surface area (Å²) in [7, 11) is 1.50. The van der Waals surface area contributed by atoms with Crippen molar-refractivity contribution in [2.45, 2.75) is 31.1 Å². The molecule has 0 bridgehead atoms. The number of benzene rings is 1. The topological polar surface area (TPSA) is 72.5 Å². The summed E-state index contributed by atoms with van der Waals surface area (Å²) < 4.78 is 5.36. The molecule has 1 aliphatic carbocycles. The number of hydrogen-bond donors (Lipinski definition) is 2. The first-order chi connectivity index (χ1) is 8.61. The molecule has 0 heterocycles. The van der Waals surface area contributed by atoms with Gasteiger partial charge < -0.3 is 9.84 Å². The summed E-state index contributed by atoms with van der Waals surface area (Å²) >= 11 is 0. The number of rotatable bonds is 5. The van der Waals surface area contributed by atoms with Crippen LogP contribution in [-0.4, -0.2) is 24.6 Å². The van der Waals surface area contributed by atoms with Gasteiger partial charge in [-0.2, -0.15) is 0 Å². The minimum Gasteiger partial charge on any atom is -0.388 e. The normalized spacial score (nSPS) is 19.7. The van der Waals surface area contributed by atoms with Crippen LogP contribution in [0.3, 0.4) is 0 Å². The molecule has 0 unspecified atom stereocenters. The highest BCUT2D eigenvalue weighted by Gasteiger charge is 2.42. The average molecular weight is 286 g/mol. The molecule has 0 saturated heterocycles. The molecule has 0 aliphatic heterocycles. The Kier molecular flexibility index (Phi) is 5.50. The van der Waals surface area contributed by atoms with Gasteiger partial charge in [0.05, 0.1) is 0 Å². The molecule has 2 atom stereocenters. The first-order valence-corrected chi connectivity index (χ1v) is 6.19. The first kappa shape index (κ1) is 16.1. The first-order valence-electron chi connectivity index (χ1n) is 6.19. The molecule has 106 valence electrons. The average Bonchev–Trinajstić information content (AvgIpc) is 2.35. The summed E-state index contributed by atoms with van der Waals surface area (Å²) in [6.45, 7) is 0. The molecule has 0 spiro atoms. The number of aldehydes is 1. The number of aliphatic hydroxyl groups excluding tert-OH is 1. The minimum absolute atomic E-state index is 0. The minimum atomic E-state index is -1.20. The van der Waals surface area contributed by atoms with Crippen molar-refractivity contribution in [2.24, 2.45) is 11.7 Å². The van der Waals surface area contributed by atoms with Crippen LogP contribution in [0.4, 0.5) is 0 Å². The molecule has 1 aromatic carbocycles. The van der Waals surface area contributed by atoms with Crippen molar-refractivity contribution in [1.82, 2.24) is 0 Å². The van der Waals surface area contributed by atoms with E-state index in [4.69, 9.17) is 10.5 Å². The van der Waals surface area contributed by atoms with E-state index < -0.39 is 11.8 Å². The Balaban J connectivity index is 0.00000180. The molecular weight excluding hydrogens is 266 g/mol. The van der Waals surface area contributed by atoms with Crippen molar-refractivity contribution in [3.63, 3.8) is 0 Å². The van der Waals surface area contributed by atoms with E-state index >= 15 is 0 Å². The van der Waals surface area contributed by atoms with Crippen LogP contribution < -0.4 is 5.73 Å². The van der Waals surface area contributed by atoms with Crippen molar-refractivity contribution in [3.8, 4) is 0 Å². The standard InChI is InChI=1S/C14H19NO3.ClH/c1-18-14(15,13(17)11-3-2-4-11)12-7-5-10(9-16)6-8-12;/h5-9,11,13,17H,2-4,15H2,1H3;1H/t13-,14-;/m0./s1. The van der Waals surface area contributed by atoms with Crippen molar-refractivity contribution < 1.29 is 14.6 Å². The van der Waals surface area contributed by atoms with Gasteiger partial charge in [0.1, 0.15) is 12.4 Å². The van der Waals surface area contributed by atoms with Crippen LogP contribution in [0.1, 0.15) is 35.2 Å². The van der Waals surface area contributed by atoms with Gasteiger partial charge in [0.15, 0.2) is 5.72 Å². The van der Waals surface area contributed by atoms with Gasteiger partial charge in [-0.15, -0.1) is 12.4 Å². The molecule has 5 heteroatoms. The van der Waals surface area contributed by atoms with Gasteiger partial charge in [-0.3, -0.25) is 10.5 Å². The molecule has 0 amide bonds. The largest absolute Gasteiger partial charge is 0.388 e. The van der Waals surface area contributed by atoms with Crippen LogP contribution in [-0.2, 0) is 10.5 Å². The monoisotopic (exact) mass is 285 g/mol.